The van der Waals surface area contributed by atoms with E-state index in [2.05, 4.69) is 0 Å². The molecule has 0 saturated carbocycles. The van der Waals surface area contributed by atoms with Gasteiger partial charge in [-0.15, -0.1) is 0 Å². The molecule has 0 bridgehead atoms. The molecular weight excluding hydrogens is 194 g/mol. The van der Waals surface area contributed by atoms with Crippen molar-refractivity contribution in [2.75, 3.05) is 0 Å². The van der Waals surface area contributed by atoms with Crippen molar-refractivity contribution in [2.24, 2.45) is 11.7 Å². The summed E-state index contributed by atoms with van der Waals surface area (Å²) in [5.74, 6) is -0.375. The number of hydrogen-bond donors (Lipinski definition) is 4. The summed E-state index contributed by atoms with van der Waals surface area (Å²) in [5.41, 5.74) is 6.42. The van der Waals surface area contributed by atoms with E-state index in [0.717, 1.165) is 0 Å². The molecule has 1 aromatic rings. The van der Waals surface area contributed by atoms with Crippen LogP contribution in [0, 0.1) is 5.92 Å². The lowest BCUT2D eigenvalue weighted by molar-refractivity contribution is 0.0978. The third-order valence-corrected chi connectivity index (χ3v) is 2.44. The Morgan fingerprint density at radius 1 is 1.13 bits per heavy atom. The minimum Gasteiger partial charge on any atom is -0.504 e. The van der Waals surface area contributed by atoms with E-state index < -0.39 is 12.1 Å². The first-order chi connectivity index (χ1) is 6.93. The first-order valence-corrected chi connectivity index (χ1v) is 4.89. The molecule has 0 aliphatic carbocycles. The molecule has 0 radical (unpaired) electrons. The maximum atomic E-state index is 9.74. The predicted octanol–water partition coefficient (Wildman–Crippen LogP) is 1.11. The summed E-state index contributed by atoms with van der Waals surface area (Å²) in [5, 5.41) is 28.1. The molecule has 84 valence electrons. The molecule has 15 heavy (non-hydrogen) atoms. The van der Waals surface area contributed by atoms with Gasteiger partial charge in [-0.1, -0.05) is 19.9 Å². The predicted molar refractivity (Wildman–Crippen MR) is 57.5 cm³/mol. The number of benzene rings is 1. The van der Waals surface area contributed by atoms with Crippen LogP contribution in [0.4, 0.5) is 0 Å². The number of nitrogens with two attached hydrogens (primary N) is 1. The van der Waals surface area contributed by atoms with E-state index in [4.69, 9.17) is 10.8 Å². The fraction of sp³-hybridized carbons (Fsp3) is 0.455. The Labute approximate surface area is 89.0 Å². The van der Waals surface area contributed by atoms with Gasteiger partial charge < -0.3 is 21.1 Å². The molecule has 4 heteroatoms. The van der Waals surface area contributed by atoms with E-state index in [-0.39, 0.29) is 17.4 Å². The van der Waals surface area contributed by atoms with E-state index in [1.54, 1.807) is 6.07 Å². The monoisotopic (exact) mass is 211 g/mol. The lowest BCUT2D eigenvalue weighted by Crippen LogP contribution is -2.30. The summed E-state index contributed by atoms with van der Waals surface area (Å²) in [6.07, 6.45) is -0.672. The molecule has 0 aliphatic rings. The van der Waals surface area contributed by atoms with Gasteiger partial charge >= 0.3 is 0 Å². The Morgan fingerprint density at radius 2 is 1.73 bits per heavy atom. The summed E-state index contributed by atoms with van der Waals surface area (Å²) in [6, 6.07) is 3.76. The van der Waals surface area contributed by atoms with Crippen molar-refractivity contribution >= 4 is 0 Å². The minimum atomic E-state index is -0.672. The van der Waals surface area contributed by atoms with E-state index in [1.165, 1.54) is 12.1 Å². The van der Waals surface area contributed by atoms with Crippen LogP contribution in [0.15, 0.2) is 18.2 Å². The number of aromatic hydroxyl groups is 2. The molecular formula is C11H17NO3. The van der Waals surface area contributed by atoms with Crippen molar-refractivity contribution in [3.63, 3.8) is 0 Å². The molecule has 0 aromatic heterocycles. The van der Waals surface area contributed by atoms with Crippen LogP contribution in [0.2, 0.25) is 0 Å². The third kappa shape index (κ3) is 2.61. The summed E-state index contributed by atoms with van der Waals surface area (Å²) >= 11 is 0. The van der Waals surface area contributed by atoms with Gasteiger partial charge in [-0.25, -0.2) is 0 Å². The first kappa shape index (κ1) is 11.8. The normalized spacial score (nSPS) is 15.3. The van der Waals surface area contributed by atoms with E-state index >= 15 is 0 Å². The average Bonchev–Trinajstić information content (AvgIpc) is 2.19. The van der Waals surface area contributed by atoms with Crippen molar-refractivity contribution < 1.29 is 15.3 Å². The lowest BCUT2D eigenvalue weighted by Gasteiger charge is -2.22. The maximum Gasteiger partial charge on any atom is 0.157 e. The van der Waals surface area contributed by atoms with Crippen molar-refractivity contribution in [3.05, 3.63) is 23.8 Å². The van der Waals surface area contributed by atoms with Gasteiger partial charge in [-0.05, 0) is 23.6 Å². The van der Waals surface area contributed by atoms with Crippen LogP contribution in [0.1, 0.15) is 25.5 Å². The summed E-state index contributed by atoms with van der Waals surface area (Å²) in [7, 11) is 0. The second-order valence-corrected chi connectivity index (χ2v) is 4.01. The molecule has 5 N–H and O–H groups in total. The van der Waals surface area contributed by atoms with Crippen molar-refractivity contribution in [2.45, 2.75) is 26.0 Å². The molecule has 1 rings (SSSR count). The highest BCUT2D eigenvalue weighted by Crippen LogP contribution is 2.29. The second-order valence-electron chi connectivity index (χ2n) is 4.01. The van der Waals surface area contributed by atoms with Gasteiger partial charge in [0.15, 0.2) is 11.5 Å². The number of aliphatic hydroxyl groups is 1. The second kappa shape index (κ2) is 4.51. The quantitative estimate of drug-likeness (QED) is 0.564. The molecule has 0 saturated heterocycles. The molecule has 0 aliphatic heterocycles. The van der Waals surface area contributed by atoms with Gasteiger partial charge in [0.25, 0.3) is 0 Å². The fourth-order valence-corrected chi connectivity index (χ4v) is 1.36. The average molecular weight is 211 g/mol. The van der Waals surface area contributed by atoms with Gasteiger partial charge in [0.05, 0.1) is 12.1 Å². The molecule has 1 aromatic carbocycles. The Morgan fingerprint density at radius 3 is 2.20 bits per heavy atom. The van der Waals surface area contributed by atoms with Crippen LogP contribution < -0.4 is 5.73 Å². The van der Waals surface area contributed by atoms with Gasteiger partial charge in [0.2, 0.25) is 0 Å². The zero-order chi connectivity index (χ0) is 11.6. The Balaban J connectivity index is 2.91. The molecule has 4 nitrogen and oxygen atoms in total. The van der Waals surface area contributed by atoms with Gasteiger partial charge in [0, 0.05) is 0 Å². The minimum absolute atomic E-state index is 0.0379. The van der Waals surface area contributed by atoms with Crippen LogP contribution >= 0.6 is 0 Å². The van der Waals surface area contributed by atoms with Gasteiger partial charge in [0.1, 0.15) is 0 Å². The summed E-state index contributed by atoms with van der Waals surface area (Å²) < 4.78 is 0. The standard InChI is InChI=1S/C11H17NO3/c1-6(2)11(15)10(12)7-3-4-8(13)9(14)5-7/h3-6,10-11,13-15H,12H2,1-2H3/t10-,11+/m1/s1. The largest absolute Gasteiger partial charge is 0.504 e. The molecule has 0 amide bonds. The molecule has 2 atom stereocenters. The number of hydrogen-bond acceptors (Lipinski definition) is 4. The highest BCUT2D eigenvalue weighted by molar-refractivity contribution is 5.41. The zero-order valence-electron chi connectivity index (χ0n) is 8.88. The SMILES string of the molecule is CC(C)[C@H](O)[C@H](N)c1ccc(O)c(O)c1. The lowest BCUT2D eigenvalue weighted by atomic mass is 9.94. The molecule has 0 spiro atoms. The van der Waals surface area contributed by atoms with Gasteiger partial charge in [-0.2, -0.15) is 0 Å². The van der Waals surface area contributed by atoms with Crippen LogP contribution in [-0.2, 0) is 0 Å². The molecule has 0 fully saturated rings. The fourth-order valence-electron chi connectivity index (χ4n) is 1.36. The Bertz CT molecular complexity index is 339. The van der Waals surface area contributed by atoms with Crippen molar-refractivity contribution in [1.82, 2.24) is 0 Å². The summed E-state index contributed by atoms with van der Waals surface area (Å²) in [4.78, 5) is 0. The van der Waals surface area contributed by atoms with Crippen LogP contribution in [0.25, 0.3) is 0 Å². The van der Waals surface area contributed by atoms with Crippen molar-refractivity contribution in [3.8, 4) is 11.5 Å². The first-order valence-electron chi connectivity index (χ1n) is 4.89. The van der Waals surface area contributed by atoms with E-state index in [0.29, 0.717) is 5.56 Å². The van der Waals surface area contributed by atoms with Crippen LogP contribution in [0.3, 0.4) is 0 Å². The number of phenols is 2. The number of aliphatic hydroxyl groups excluding tert-OH is 1. The topological polar surface area (TPSA) is 86.7 Å². The van der Waals surface area contributed by atoms with Crippen LogP contribution in [0.5, 0.6) is 11.5 Å². The van der Waals surface area contributed by atoms with E-state index in [9.17, 15) is 10.2 Å². The van der Waals surface area contributed by atoms with E-state index in [1.807, 2.05) is 13.8 Å². The van der Waals surface area contributed by atoms with Crippen molar-refractivity contribution in [1.29, 1.82) is 0 Å². The maximum absolute atomic E-state index is 9.74. The Kier molecular flexibility index (Phi) is 3.55. The molecule has 0 unspecified atom stereocenters. The van der Waals surface area contributed by atoms with Crippen LogP contribution in [-0.4, -0.2) is 21.4 Å². The number of phenolic OH excluding ortho intramolecular Hbond substituents is 2. The number of rotatable bonds is 3. The highest BCUT2D eigenvalue weighted by atomic mass is 16.3. The zero-order valence-corrected chi connectivity index (χ0v) is 8.88. The smallest absolute Gasteiger partial charge is 0.157 e. The summed E-state index contributed by atoms with van der Waals surface area (Å²) in [6.45, 7) is 3.73. The third-order valence-electron chi connectivity index (χ3n) is 2.44. The van der Waals surface area contributed by atoms with Gasteiger partial charge in [-0.3, -0.25) is 0 Å². The highest BCUT2D eigenvalue weighted by Gasteiger charge is 2.20. The Hall–Kier alpha value is -1.26. The molecule has 0 heterocycles.